The molecule has 0 unspecified atom stereocenters. The number of nitrogens with one attached hydrogen (secondary N) is 1. The maximum atomic E-state index is 11.2. The first-order valence-electron chi connectivity index (χ1n) is 4.61. The summed E-state index contributed by atoms with van der Waals surface area (Å²) in [7, 11) is 1.41. The zero-order chi connectivity index (χ0) is 9.97. The largest absolute Gasteiger partial charge is 0.468 e. The van der Waals surface area contributed by atoms with Crippen LogP contribution in [-0.2, 0) is 9.53 Å². The van der Waals surface area contributed by atoms with Crippen LogP contribution in [0.3, 0.4) is 0 Å². The van der Waals surface area contributed by atoms with Crippen molar-refractivity contribution in [3.05, 3.63) is 18.5 Å². The monoisotopic (exact) mass is 195 g/mol. The summed E-state index contributed by atoms with van der Waals surface area (Å²) in [6, 6.07) is 1.95. The molecule has 1 aliphatic rings. The SMILES string of the molecule is COC(=O)[C@@H]1C[C@@H](n2cccn2)CN1. The summed E-state index contributed by atoms with van der Waals surface area (Å²) in [4.78, 5) is 11.2. The van der Waals surface area contributed by atoms with Crippen molar-refractivity contribution in [3.63, 3.8) is 0 Å². The lowest BCUT2D eigenvalue weighted by Gasteiger charge is -2.08. The van der Waals surface area contributed by atoms with Gasteiger partial charge in [-0.2, -0.15) is 5.10 Å². The Morgan fingerprint density at radius 1 is 1.71 bits per heavy atom. The fourth-order valence-corrected chi connectivity index (χ4v) is 1.74. The van der Waals surface area contributed by atoms with Gasteiger partial charge in [0.05, 0.1) is 13.2 Å². The third-order valence-corrected chi connectivity index (χ3v) is 2.49. The molecule has 5 nitrogen and oxygen atoms in total. The van der Waals surface area contributed by atoms with Gasteiger partial charge in [0, 0.05) is 18.9 Å². The molecule has 1 aliphatic heterocycles. The van der Waals surface area contributed by atoms with Crippen molar-refractivity contribution >= 4 is 5.97 Å². The molecule has 76 valence electrons. The normalized spacial score (nSPS) is 26.4. The summed E-state index contributed by atoms with van der Waals surface area (Å²) in [6.07, 6.45) is 4.39. The Morgan fingerprint density at radius 2 is 2.57 bits per heavy atom. The maximum Gasteiger partial charge on any atom is 0.322 e. The summed E-state index contributed by atoms with van der Waals surface area (Å²) in [6.45, 7) is 0.765. The molecule has 2 heterocycles. The van der Waals surface area contributed by atoms with E-state index in [9.17, 15) is 4.79 Å². The number of hydrogen-bond acceptors (Lipinski definition) is 4. The molecule has 1 fully saturated rings. The van der Waals surface area contributed by atoms with E-state index in [2.05, 4.69) is 15.2 Å². The van der Waals surface area contributed by atoms with Crippen LogP contribution in [-0.4, -0.2) is 35.4 Å². The summed E-state index contributed by atoms with van der Waals surface area (Å²) >= 11 is 0. The Hall–Kier alpha value is -1.36. The number of esters is 1. The number of carbonyl (C=O) groups excluding carboxylic acids is 1. The van der Waals surface area contributed by atoms with E-state index in [0.717, 1.165) is 13.0 Å². The van der Waals surface area contributed by atoms with Gasteiger partial charge in [0.1, 0.15) is 6.04 Å². The molecule has 0 saturated carbocycles. The molecule has 1 saturated heterocycles. The number of nitrogens with zero attached hydrogens (tertiary/aromatic N) is 2. The van der Waals surface area contributed by atoms with Crippen molar-refractivity contribution < 1.29 is 9.53 Å². The lowest BCUT2D eigenvalue weighted by Crippen LogP contribution is -2.31. The van der Waals surface area contributed by atoms with Crippen molar-refractivity contribution in [3.8, 4) is 0 Å². The van der Waals surface area contributed by atoms with Gasteiger partial charge < -0.3 is 10.1 Å². The number of ether oxygens (including phenoxy) is 1. The van der Waals surface area contributed by atoms with Gasteiger partial charge in [-0.1, -0.05) is 0 Å². The number of hydrogen-bond donors (Lipinski definition) is 1. The second-order valence-electron chi connectivity index (χ2n) is 3.36. The molecule has 1 N–H and O–H groups in total. The van der Waals surface area contributed by atoms with Gasteiger partial charge in [0.2, 0.25) is 0 Å². The molecule has 2 rings (SSSR count). The quantitative estimate of drug-likeness (QED) is 0.673. The molecule has 0 bridgehead atoms. The first kappa shape index (κ1) is 9.21. The minimum absolute atomic E-state index is 0.186. The van der Waals surface area contributed by atoms with E-state index in [1.54, 1.807) is 6.20 Å². The lowest BCUT2D eigenvalue weighted by atomic mass is 10.2. The van der Waals surface area contributed by atoms with Crippen LogP contribution in [0.5, 0.6) is 0 Å². The molecule has 14 heavy (non-hydrogen) atoms. The number of methoxy groups -OCH3 is 1. The second kappa shape index (κ2) is 3.79. The molecule has 2 atom stereocenters. The van der Waals surface area contributed by atoms with Gasteiger partial charge in [-0.15, -0.1) is 0 Å². The molecule has 5 heteroatoms. The van der Waals surface area contributed by atoms with Crippen molar-refractivity contribution in [2.75, 3.05) is 13.7 Å². The molecule has 0 aromatic carbocycles. The average molecular weight is 195 g/mol. The van der Waals surface area contributed by atoms with Crippen LogP contribution in [0.15, 0.2) is 18.5 Å². The Balaban J connectivity index is 1.98. The van der Waals surface area contributed by atoms with Gasteiger partial charge >= 0.3 is 5.97 Å². The first-order valence-corrected chi connectivity index (χ1v) is 4.61. The lowest BCUT2D eigenvalue weighted by molar-refractivity contribution is -0.142. The van der Waals surface area contributed by atoms with Crippen LogP contribution >= 0.6 is 0 Å². The van der Waals surface area contributed by atoms with Crippen molar-refractivity contribution in [1.82, 2.24) is 15.1 Å². The van der Waals surface area contributed by atoms with Gasteiger partial charge in [-0.25, -0.2) is 0 Å². The van der Waals surface area contributed by atoms with E-state index in [1.807, 2.05) is 16.9 Å². The van der Waals surface area contributed by atoms with Crippen LogP contribution < -0.4 is 5.32 Å². The number of carbonyl (C=O) groups is 1. The molecular formula is C9H13N3O2. The number of rotatable bonds is 2. The highest BCUT2D eigenvalue weighted by Gasteiger charge is 2.31. The smallest absolute Gasteiger partial charge is 0.322 e. The molecule has 0 amide bonds. The summed E-state index contributed by atoms with van der Waals surface area (Å²) in [5, 5.41) is 7.25. The van der Waals surface area contributed by atoms with Gasteiger partial charge in [0.25, 0.3) is 0 Å². The fourth-order valence-electron chi connectivity index (χ4n) is 1.74. The van der Waals surface area contributed by atoms with E-state index in [-0.39, 0.29) is 18.1 Å². The topological polar surface area (TPSA) is 56.2 Å². The Bertz CT molecular complexity index is 310. The third-order valence-electron chi connectivity index (χ3n) is 2.49. The Labute approximate surface area is 82.0 Å². The van der Waals surface area contributed by atoms with Crippen molar-refractivity contribution in [1.29, 1.82) is 0 Å². The van der Waals surface area contributed by atoms with E-state index in [0.29, 0.717) is 0 Å². The van der Waals surface area contributed by atoms with E-state index < -0.39 is 0 Å². The zero-order valence-electron chi connectivity index (χ0n) is 8.01. The van der Waals surface area contributed by atoms with Crippen LogP contribution in [0.25, 0.3) is 0 Å². The third kappa shape index (κ3) is 1.63. The molecule has 1 aromatic rings. The van der Waals surface area contributed by atoms with E-state index in [1.165, 1.54) is 7.11 Å². The molecule has 0 radical (unpaired) electrons. The zero-order valence-corrected chi connectivity index (χ0v) is 8.01. The molecule has 1 aromatic heterocycles. The maximum absolute atomic E-state index is 11.2. The van der Waals surface area contributed by atoms with Gasteiger partial charge in [-0.05, 0) is 12.5 Å². The minimum Gasteiger partial charge on any atom is -0.468 e. The van der Waals surface area contributed by atoms with E-state index in [4.69, 9.17) is 0 Å². The highest BCUT2D eigenvalue weighted by molar-refractivity contribution is 5.76. The summed E-state index contributed by atoms with van der Waals surface area (Å²) in [5.41, 5.74) is 0. The standard InChI is InChI=1S/C9H13N3O2/c1-14-9(13)8-5-7(6-10-8)12-4-2-3-11-12/h2-4,7-8,10H,5-6H2,1H3/t7-,8+/m1/s1. The highest BCUT2D eigenvalue weighted by atomic mass is 16.5. The Morgan fingerprint density at radius 3 is 3.21 bits per heavy atom. The van der Waals surface area contributed by atoms with Gasteiger partial charge in [0.15, 0.2) is 0 Å². The molecular weight excluding hydrogens is 182 g/mol. The minimum atomic E-state index is -0.195. The predicted octanol–water partition coefficient (Wildman–Crippen LogP) is -0.0409. The van der Waals surface area contributed by atoms with Crippen LogP contribution in [0.4, 0.5) is 0 Å². The van der Waals surface area contributed by atoms with Crippen molar-refractivity contribution in [2.24, 2.45) is 0 Å². The summed E-state index contributed by atoms with van der Waals surface area (Å²) < 4.78 is 6.54. The predicted molar refractivity (Wildman–Crippen MR) is 49.7 cm³/mol. The van der Waals surface area contributed by atoms with Gasteiger partial charge in [-0.3, -0.25) is 9.48 Å². The van der Waals surface area contributed by atoms with Crippen LogP contribution in [0.1, 0.15) is 12.5 Å². The van der Waals surface area contributed by atoms with Crippen LogP contribution in [0, 0.1) is 0 Å². The Kier molecular flexibility index (Phi) is 2.49. The average Bonchev–Trinajstić information content (AvgIpc) is 2.86. The molecule has 0 spiro atoms. The van der Waals surface area contributed by atoms with Crippen LogP contribution in [0.2, 0.25) is 0 Å². The summed E-state index contributed by atoms with van der Waals surface area (Å²) in [5.74, 6) is -0.195. The first-order chi connectivity index (χ1) is 6.81. The second-order valence-corrected chi connectivity index (χ2v) is 3.36. The highest BCUT2D eigenvalue weighted by Crippen LogP contribution is 2.18. The van der Waals surface area contributed by atoms with E-state index >= 15 is 0 Å². The fraction of sp³-hybridized carbons (Fsp3) is 0.556. The molecule has 0 aliphatic carbocycles. The number of aromatic nitrogens is 2. The van der Waals surface area contributed by atoms with Crippen molar-refractivity contribution in [2.45, 2.75) is 18.5 Å².